The fourth-order valence-corrected chi connectivity index (χ4v) is 1.44. The van der Waals surface area contributed by atoms with E-state index in [1.54, 1.807) is 0 Å². The predicted octanol–water partition coefficient (Wildman–Crippen LogP) is 3.05. The van der Waals surface area contributed by atoms with E-state index in [1.165, 1.54) is 0 Å². The summed E-state index contributed by atoms with van der Waals surface area (Å²) in [6.45, 7) is 3.99. The fourth-order valence-electron chi connectivity index (χ4n) is 1.44. The maximum atomic E-state index is 8.35. The summed E-state index contributed by atoms with van der Waals surface area (Å²) >= 11 is 0. The van der Waals surface area contributed by atoms with Crippen molar-refractivity contribution < 1.29 is 4.79 Å². The van der Waals surface area contributed by atoms with Crippen molar-refractivity contribution in [2.45, 2.75) is 6.04 Å². The summed E-state index contributed by atoms with van der Waals surface area (Å²) in [5, 5.41) is 8.80. The Morgan fingerprint density at radius 2 is 1.88 bits per heavy atom. The second-order valence-electron chi connectivity index (χ2n) is 3.41. The molecule has 2 rings (SSSR count). The number of hydrogen-bond acceptors (Lipinski definition) is 3. The predicted molar refractivity (Wildman–Crippen MR) is 69.7 cm³/mol. The van der Waals surface area contributed by atoms with Crippen molar-refractivity contribution in [3.05, 3.63) is 66.8 Å². The van der Waals surface area contributed by atoms with Gasteiger partial charge < -0.3 is 5.32 Å². The van der Waals surface area contributed by atoms with Gasteiger partial charge in [-0.15, -0.1) is 0 Å². The molecule has 1 aromatic rings. The van der Waals surface area contributed by atoms with Crippen LogP contribution in [0.4, 0.5) is 5.69 Å². The summed E-state index contributed by atoms with van der Waals surface area (Å²) in [5.41, 5.74) is 2.22. The second-order valence-corrected chi connectivity index (χ2v) is 3.41. The minimum absolute atomic E-state index is 0.224. The first-order chi connectivity index (χ1) is 8.27. The van der Waals surface area contributed by atoms with E-state index in [0.29, 0.717) is 0 Å². The topological polar surface area (TPSA) is 53.0 Å². The molecular weight excluding hydrogens is 212 g/mol. The standard InChI is InChI=1S/C13H13N.CHNO/c1-11-7-5-6-10-13(11)14-12-8-3-2-4-9-12;2-1-3/h2-10,13-14H,1H2;2H. The van der Waals surface area contributed by atoms with Crippen molar-refractivity contribution in [1.82, 2.24) is 0 Å². The highest BCUT2D eigenvalue weighted by molar-refractivity contribution is 5.49. The number of benzene rings is 1. The molecule has 0 heterocycles. The molecule has 0 bridgehead atoms. The lowest BCUT2D eigenvalue weighted by atomic mass is 10.0. The van der Waals surface area contributed by atoms with Crippen molar-refractivity contribution in [3.8, 4) is 0 Å². The summed E-state index contributed by atoms with van der Waals surface area (Å²) in [6.07, 6.45) is 8.93. The van der Waals surface area contributed by atoms with Crippen LogP contribution in [0.5, 0.6) is 0 Å². The molecule has 1 aromatic carbocycles. The highest BCUT2D eigenvalue weighted by Crippen LogP contribution is 2.15. The van der Waals surface area contributed by atoms with Crippen LogP contribution in [0.3, 0.4) is 0 Å². The van der Waals surface area contributed by atoms with E-state index < -0.39 is 0 Å². The molecule has 1 atom stereocenters. The maximum absolute atomic E-state index is 8.35. The molecule has 0 fully saturated rings. The van der Waals surface area contributed by atoms with E-state index in [2.05, 4.69) is 30.1 Å². The van der Waals surface area contributed by atoms with Crippen LogP contribution in [0.15, 0.2) is 66.8 Å². The largest absolute Gasteiger partial charge is 0.375 e. The number of anilines is 1. The van der Waals surface area contributed by atoms with Gasteiger partial charge in [-0.3, -0.25) is 0 Å². The van der Waals surface area contributed by atoms with Gasteiger partial charge in [0, 0.05) is 5.69 Å². The van der Waals surface area contributed by atoms with Gasteiger partial charge in [-0.1, -0.05) is 49.1 Å². The molecule has 0 saturated carbocycles. The molecule has 86 valence electrons. The lowest BCUT2D eigenvalue weighted by Crippen LogP contribution is -2.19. The molecule has 3 nitrogen and oxygen atoms in total. The van der Waals surface area contributed by atoms with E-state index in [1.807, 2.05) is 36.4 Å². The third kappa shape index (κ3) is 4.33. The first-order valence-corrected chi connectivity index (χ1v) is 5.17. The molecule has 1 aliphatic carbocycles. The second kappa shape index (κ2) is 6.99. The van der Waals surface area contributed by atoms with Gasteiger partial charge in [0.15, 0.2) is 0 Å². The summed E-state index contributed by atoms with van der Waals surface area (Å²) < 4.78 is 0. The number of isocyanates is 1. The Kier molecular flexibility index (Phi) is 5.21. The number of para-hydroxylation sites is 1. The lowest BCUT2D eigenvalue weighted by Gasteiger charge is -2.18. The summed E-state index contributed by atoms with van der Waals surface area (Å²) in [5.74, 6) is 0. The minimum Gasteiger partial charge on any atom is -0.375 e. The number of hydrogen-bond donors (Lipinski definition) is 2. The van der Waals surface area contributed by atoms with Gasteiger partial charge in [0.1, 0.15) is 0 Å². The maximum Gasteiger partial charge on any atom is 0.231 e. The number of nitrogens with one attached hydrogen (secondary N) is 2. The van der Waals surface area contributed by atoms with Crippen LogP contribution >= 0.6 is 0 Å². The van der Waals surface area contributed by atoms with Crippen LogP contribution in [-0.4, -0.2) is 12.1 Å². The summed E-state index contributed by atoms with van der Waals surface area (Å²) in [7, 11) is 0. The molecule has 0 radical (unpaired) electrons. The summed E-state index contributed by atoms with van der Waals surface area (Å²) in [6, 6.07) is 10.4. The zero-order valence-corrected chi connectivity index (χ0v) is 9.39. The number of carbonyl (C=O) groups excluding carboxylic acids is 1. The molecule has 0 spiro atoms. The van der Waals surface area contributed by atoms with Crippen LogP contribution < -0.4 is 5.32 Å². The van der Waals surface area contributed by atoms with Crippen molar-refractivity contribution in [2.75, 3.05) is 5.32 Å². The van der Waals surface area contributed by atoms with Crippen molar-refractivity contribution in [3.63, 3.8) is 0 Å². The van der Waals surface area contributed by atoms with Crippen molar-refractivity contribution >= 4 is 11.8 Å². The van der Waals surface area contributed by atoms with E-state index in [0.717, 1.165) is 17.3 Å². The zero-order valence-electron chi connectivity index (χ0n) is 9.39. The van der Waals surface area contributed by atoms with E-state index in [4.69, 9.17) is 10.2 Å². The van der Waals surface area contributed by atoms with Gasteiger partial charge in [-0.2, -0.15) is 0 Å². The van der Waals surface area contributed by atoms with Crippen LogP contribution in [0.2, 0.25) is 0 Å². The normalized spacial score (nSPS) is 16.7. The van der Waals surface area contributed by atoms with Crippen molar-refractivity contribution in [1.29, 1.82) is 5.41 Å². The molecular formula is C14H14N2O. The quantitative estimate of drug-likeness (QED) is 0.601. The molecule has 1 unspecified atom stereocenters. The van der Waals surface area contributed by atoms with Gasteiger partial charge in [0.05, 0.1) is 6.04 Å². The molecule has 1 aliphatic rings. The summed E-state index contributed by atoms with van der Waals surface area (Å²) in [4.78, 5) is 8.35. The minimum atomic E-state index is 0.224. The molecule has 0 aromatic heterocycles. The third-order valence-electron chi connectivity index (χ3n) is 2.22. The highest BCUT2D eigenvalue weighted by atomic mass is 16.1. The van der Waals surface area contributed by atoms with E-state index in [-0.39, 0.29) is 6.04 Å². The van der Waals surface area contributed by atoms with Gasteiger partial charge in [0.25, 0.3) is 0 Å². The van der Waals surface area contributed by atoms with Gasteiger partial charge in [-0.25, -0.2) is 10.2 Å². The Bertz CT molecular complexity index is 454. The van der Waals surface area contributed by atoms with Crippen LogP contribution in [0, 0.1) is 5.41 Å². The van der Waals surface area contributed by atoms with Crippen molar-refractivity contribution in [2.24, 2.45) is 0 Å². The van der Waals surface area contributed by atoms with Gasteiger partial charge in [-0.05, 0) is 17.7 Å². The Morgan fingerprint density at radius 1 is 1.24 bits per heavy atom. The monoisotopic (exact) mass is 226 g/mol. The SMILES string of the molecule is C=C1C=CC=CC1Nc1ccccc1.N=C=O. The highest BCUT2D eigenvalue weighted by Gasteiger charge is 2.07. The Labute approximate surface area is 101 Å². The number of allylic oxidation sites excluding steroid dienone is 2. The Balaban J connectivity index is 0.000000437. The molecule has 2 N–H and O–H groups in total. The molecule has 0 saturated heterocycles. The van der Waals surface area contributed by atoms with Gasteiger partial charge in [0.2, 0.25) is 6.08 Å². The first kappa shape index (κ1) is 12.7. The molecule has 0 amide bonds. The molecule has 3 heteroatoms. The van der Waals surface area contributed by atoms with Crippen LogP contribution in [-0.2, 0) is 4.79 Å². The van der Waals surface area contributed by atoms with Crippen LogP contribution in [0.25, 0.3) is 0 Å². The lowest BCUT2D eigenvalue weighted by molar-refractivity contribution is 0.563. The van der Waals surface area contributed by atoms with Crippen LogP contribution in [0.1, 0.15) is 0 Å². The number of rotatable bonds is 2. The third-order valence-corrected chi connectivity index (χ3v) is 2.22. The zero-order chi connectivity index (χ0) is 12.5. The molecule has 17 heavy (non-hydrogen) atoms. The first-order valence-electron chi connectivity index (χ1n) is 5.17. The fraction of sp³-hybridized carbons (Fsp3) is 0.0714. The average Bonchev–Trinajstić information content (AvgIpc) is 2.35. The van der Waals surface area contributed by atoms with Gasteiger partial charge >= 0.3 is 0 Å². The smallest absolute Gasteiger partial charge is 0.231 e. The Morgan fingerprint density at radius 3 is 2.47 bits per heavy atom. The van der Waals surface area contributed by atoms with E-state index in [9.17, 15) is 0 Å². The average molecular weight is 226 g/mol. The Hall–Kier alpha value is -2.38. The van der Waals surface area contributed by atoms with E-state index >= 15 is 0 Å². The molecule has 0 aliphatic heterocycles.